The lowest BCUT2D eigenvalue weighted by atomic mass is 10.1. The third kappa shape index (κ3) is 18.8. The molecule has 0 aliphatic heterocycles. The Morgan fingerprint density at radius 1 is 1.29 bits per heavy atom. The minimum absolute atomic E-state index is 0.181. The molecule has 0 radical (unpaired) electrons. The molecule has 1 aromatic carbocycles. The van der Waals surface area contributed by atoms with Crippen LogP contribution in [0.15, 0.2) is 36.7 Å². The Morgan fingerprint density at radius 3 is 2.24 bits per heavy atom. The second-order valence-corrected chi connectivity index (χ2v) is 4.72. The number of hydrogen-bond acceptors (Lipinski definition) is 4. The molecule has 4 nitrogen and oxygen atoms in total. The van der Waals surface area contributed by atoms with Crippen LogP contribution in [0.25, 0.3) is 0 Å². The number of methoxy groups -OCH3 is 1. The van der Waals surface area contributed by atoms with Crippen molar-refractivity contribution < 1.29 is 14.9 Å². The average Bonchev–Trinajstić information content (AvgIpc) is 2.45. The van der Waals surface area contributed by atoms with E-state index in [0.717, 1.165) is 11.4 Å². The van der Waals surface area contributed by atoms with Crippen molar-refractivity contribution in [1.82, 2.24) is 0 Å². The van der Waals surface area contributed by atoms with E-state index < -0.39 is 0 Å². The van der Waals surface area contributed by atoms with Crippen LogP contribution in [-0.2, 0) is 11.2 Å². The zero-order chi connectivity index (χ0) is 16.5. The van der Waals surface area contributed by atoms with Crippen molar-refractivity contribution in [2.45, 2.75) is 39.0 Å². The Bertz CT molecular complexity index is 353. The fourth-order valence-electron chi connectivity index (χ4n) is 1.44. The second-order valence-electron chi connectivity index (χ2n) is 4.31. The monoisotopic (exact) mass is 317 g/mol. The van der Waals surface area contributed by atoms with Crippen LogP contribution in [0, 0.1) is 0 Å². The number of hydrogen-bond donors (Lipinski definition) is 3. The molecule has 0 atom stereocenters. The van der Waals surface area contributed by atoms with Crippen LogP contribution < -0.4 is 5.73 Å². The minimum Gasteiger partial charge on any atom is -0.495 e. The molecule has 0 fully saturated rings. The van der Waals surface area contributed by atoms with Crippen LogP contribution in [0.1, 0.15) is 38.2 Å². The number of nitrogens with two attached hydrogens (primary N) is 1. The standard InChI is InChI=1S/C12H17Cl.C2H5NO.C2H6O2/c1-2-3-4-5-8-11-9-6-7-10-12(11)13;1-2(3)4;1-4-2-3/h6-7,9-10H,2-5,8H2,1H3;4H,1,3H2;3H,2H2,1H3. The molecule has 0 spiro atoms. The van der Waals surface area contributed by atoms with Crippen LogP contribution >= 0.6 is 11.6 Å². The zero-order valence-electron chi connectivity index (χ0n) is 13.0. The largest absolute Gasteiger partial charge is 0.495 e. The first-order chi connectivity index (χ1) is 9.99. The number of ether oxygens (including phenoxy) is 1. The highest BCUT2D eigenvalue weighted by Gasteiger charge is 1.97. The van der Waals surface area contributed by atoms with E-state index in [1.807, 2.05) is 12.1 Å². The van der Waals surface area contributed by atoms with Gasteiger partial charge in [-0.3, -0.25) is 0 Å². The van der Waals surface area contributed by atoms with Gasteiger partial charge in [0.2, 0.25) is 0 Å². The highest BCUT2D eigenvalue weighted by atomic mass is 35.5. The lowest BCUT2D eigenvalue weighted by Gasteiger charge is -2.02. The molecule has 0 saturated carbocycles. The molecule has 0 aromatic heterocycles. The third-order valence-electron chi connectivity index (χ3n) is 2.39. The quantitative estimate of drug-likeness (QED) is 0.421. The van der Waals surface area contributed by atoms with E-state index in [4.69, 9.17) is 21.8 Å². The van der Waals surface area contributed by atoms with Crippen LogP contribution in [0.2, 0.25) is 5.02 Å². The summed E-state index contributed by atoms with van der Waals surface area (Å²) in [4.78, 5) is 0. The van der Waals surface area contributed by atoms with E-state index in [1.165, 1.54) is 38.4 Å². The maximum absolute atomic E-state index is 7.65. The summed E-state index contributed by atoms with van der Waals surface area (Å²) in [5.41, 5.74) is 5.76. The Morgan fingerprint density at radius 2 is 1.81 bits per heavy atom. The molecule has 0 amide bonds. The van der Waals surface area contributed by atoms with Gasteiger partial charge in [-0.2, -0.15) is 0 Å². The van der Waals surface area contributed by atoms with Gasteiger partial charge in [0, 0.05) is 12.1 Å². The van der Waals surface area contributed by atoms with Crippen molar-refractivity contribution in [2.75, 3.05) is 13.9 Å². The van der Waals surface area contributed by atoms with Gasteiger partial charge in [-0.25, -0.2) is 0 Å². The van der Waals surface area contributed by atoms with Crippen molar-refractivity contribution in [3.63, 3.8) is 0 Å². The Labute approximate surface area is 133 Å². The third-order valence-corrected chi connectivity index (χ3v) is 2.76. The van der Waals surface area contributed by atoms with Crippen LogP contribution in [0.3, 0.4) is 0 Å². The number of halogens is 1. The highest BCUT2D eigenvalue weighted by molar-refractivity contribution is 6.31. The number of aryl methyl sites for hydroxylation is 1. The highest BCUT2D eigenvalue weighted by Crippen LogP contribution is 2.17. The van der Waals surface area contributed by atoms with E-state index >= 15 is 0 Å². The minimum atomic E-state index is -0.333. The lowest BCUT2D eigenvalue weighted by Crippen LogP contribution is -1.88. The number of aliphatic hydroxyl groups is 2. The molecule has 1 rings (SSSR count). The SMILES string of the molecule is C=C(N)O.CCCCCCc1ccccc1Cl.COCO. The van der Waals surface area contributed by atoms with Crippen molar-refractivity contribution in [3.8, 4) is 0 Å². The number of unbranched alkanes of at least 4 members (excludes halogenated alkanes) is 3. The molecule has 4 N–H and O–H groups in total. The Kier molecular flexibility index (Phi) is 17.7. The molecule has 5 heteroatoms. The van der Waals surface area contributed by atoms with Crippen molar-refractivity contribution in [3.05, 3.63) is 47.3 Å². The average molecular weight is 318 g/mol. The van der Waals surface area contributed by atoms with Gasteiger partial charge in [-0.1, -0.05) is 56.0 Å². The molecule has 122 valence electrons. The Balaban J connectivity index is 0. The summed E-state index contributed by atoms with van der Waals surface area (Å²) in [5.74, 6) is -0.333. The first-order valence-electron chi connectivity index (χ1n) is 6.96. The smallest absolute Gasteiger partial charge is 0.173 e. The molecular formula is C16H28ClNO3. The number of benzene rings is 1. The first-order valence-corrected chi connectivity index (χ1v) is 7.33. The van der Waals surface area contributed by atoms with Gasteiger partial charge >= 0.3 is 0 Å². The summed E-state index contributed by atoms with van der Waals surface area (Å²) in [6, 6.07) is 8.13. The summed E-state index contributed by atoms with van der Waals surface area (Å²) in [6.45, 7) is 4.94. The molecular weight excluding hydrogens is 290 g/mol. The van der Waals surface area contributed by atoms with E-state index in [-0.39, 0.29) is 12.7 Å². The van der Waals surface area contributed by atoms with E-state index in [2.05, 4.69) is 36.1 Å². The number of aliphatic hydroxyl groups excluding tert-OH is 2. The first kappa shape index (κ1) is 22.1. The van der Waals surface area contributed by atoms with Crippen LogP contribution in [0.4, 0.5) is 0 Å². The van der Waals surface area contributed by atoms with E-state index in [1.54, 1.807) is 0 Å². The van der Waals surface area contributed by atoms with Gasteiger partial charge < -0.3 is 20.7 Å². The Hall–Kier alpha value is -1.23. The van der Waals surface area contributed by atoms with Gasteiger partial charge in [-0.05, 0) is 31.1 Å². The fourth-order valence-corrected chi connectivity index (χ4v) is 1.67. The zero-order valence-corrected chi connectivity index (χ0v) is 13.8. The lowest BCUT2D eigenvalue weighted by molar-refractivity contribution is 0.0325. The van der Waals surface area contributed by atoms with Gasteiger partial charge in [0.1, 0.15) is 6.79 Å². The van der Waals surface area contributed by atoms with E-state index in [9.17, 15) is 0 Å². The van der Waals surface area contributed by atoms with E-state index in [0.29, 0.717) is 0 Å². The molecule has 0 aliphatic carbocycles. The summed E-state index contributed by atoms with van der Waals surface area (Å²) >= 11 is 6.04. The molecule has 0 unspecified atom stereocenters. The molecule has 0 aliphatic rings. The summed E-state index contributed by atoms with van der Waals surface area (Å²) in [6.07, 6.45) is 6.34. The topological polar surface area (TPSA) is 75.7 Å². The number of rotatable bonds is 6. The molecule has 21 heavy (non-hydrogen) atoms. The van der Waals surface area contributed by atoms with Crippen molar-refractivity contribution in [2.24, 2.45) is 5.73 Å². The predicted octanol–water partition coefficient (Wildman–Crippen LogP) is 4.02. The molecule has 0 bridgehead atoms. The van der Waals surface area contributed by atoms with Crippen LogP contribution in [-0.4, -0.2) is 24.1 Å². The maximum atomic E-state index is 7.65. The molecule has 1 aromatic rings. The molecule has 0 heterocycles. The second kappa shape index (κ2) is 16.8. The summed E-state index contributed by atoms with van der Waals surface area (Å²) in [5, 5.41) is 16.2. The predicted molar refractivity (Wildman–Crippen MR) is 89.3 cm³/mol. The van der Waals surface area contributed by atoms with Crippen molar-refractivity contribution >= 4 is 11.6 Å². The van der Waals surface area contributed by atoms with Gasteiger partial charge in [0.25, 0.3) is 0 Å². The fraction of sp³-hybridized carbons (Fsp3) is 0.500. The molecule has 0 saturated heterocycles. The van der Waals surface area contributed by atoms with Gasteiger partial charge in [0.15, 0.2) is 5.88 Å². The van der Waals surface area contributed by atoms with Gasteiger partial charge in [-0.15, -0.1) is 0 Å². The van der Waals surface area contributed by atoms with Crippen LogP contribution in [0.5, 0.6) is 0 Å². The maximum Gasteiger partial charge on any atom is 0.173 e. The summed E-state index contributed by atoms with van der Waals surface area (Å²) in [7, 11) is 1.43. The summed E-state index contributed by atoms with van der Waals surface area (Å²) < 4.78 is 4.10. The van der Waals surface area contributed by atoms with Gasteiger partial charge in [0.05, 0.1) is 0 Å². The van der Waals surface area contributed by atoms with Crippen molar-refractivity contribution in [1.29, 1.82) is 0 Å². The normalized spacial score (nSPS) is 8.95.